The number of fused-ring (bicyclic) bond motifs is 4. The highest BCUT2D eigenvalue weighted by Gasteiger charge is 2.25. The summed E-state index contributed by atoms with van der Waals surface area (Å²) in [6, 6.07) is 10.4. The van der Waals surface area contributed by atoms with Gasteiger partial charge in [-0.2, -0.15) is 0 Å². The van der Waals surface area contributed by atoms with Crippen LogP contribution in [0.3, 0.4) is 0 Å². The largest absolute Gasteiger partial charge is 0.496 e. The van der Waals surface area contributed by atoms with Crippen LogP contribution in [0, 0.1) is 6.92 Å². The van der Waals surface area contributed by atoms with Crippen LogP contribution in [0.4, 0.5) is 0 Å². The van der Waals surface area contributed by atoms with E-state index in [1.165, 1.54) is 16.7 Å². The Morgan fingerprint density at radius 2 is 1.93 bits per heavy atom. The summed E-state index contributed by atoms with van der Waals surface area (Å²) in [6.45, 7) is 4.25. The van der Waals surface area contributed by atoms with Gasteiger partial charge in [0.05, 0.1) is 7.11 Å². The topological polar surface area (TPSA) is 51.9 Å². The van der Waals surface area contributed by atoms with Gasteiger partial charge in [-0.3, -0.25) is 4.90 Å². The molecule has 156 valence electrons. The molecule has 5 heteroatoms. The standard InChI is InChI=1S/C25H27NO4/c1-16-23-18(13-21-19-8-4-5-9-20(19)25(27)30-24(16)21)14-26(15-29-23)12-11-17-7-3-6-10-22(17)28-2/h3,6-7,10,13H,4-5,8-9,11-12,14-15H2,1-2H3. The summed E-state index contributed by atoms with van der Waals surface area (Å²) >= 11 is 0. The molecule has 0 fully saturated rings. The van der Waals surface area contributed by atoms with E-state index in [4.69, 9.17) is 13.9 Å². The zero-order valence-electron chi connectivity index (χ0n) is 17.6. The fourth-order valence-corrected chi connectivity index (χ4v) is 4.88. The van der Waals surface area contributed by atoms with Crippen molar-refractivity contribution >= 4 is 11.0 Å². The zero-order valence-corrected chi connectivity index (χ0v) is 17.6. The second-order valence-corrected chi connectivity index (χ2v) is 8.31. The van der Waals surface area contributed by atoms with E-state index in [2.05, 4.69) is 17.0 Å². The monoisotopic (exact) mass is 405 g/mol. The fourth-order valence-electron chi connectivity index (χ4n) is 4.88. The molecule has 0 N–H and O–H groups in total. The smallest absolute Gasteiger partial charge is 0.339 e. The Balaban J connectivity index is 1.45. The van der Waals surface area contributed by atoms with Gasteiger partial charge in [-0.15, -0.1) is 0 Å². The molecule has 0 unspecified atom stereocenters. The highest BCUT2D eigenvalue weighted by molar-refractivity contribution is 5.87. The number of hydrogen-bond donors (Lipinski definition) is 0. The van der Waals surface area contributed by atoms with E-state index in [1.54, 1.807) is 7.11 Å². The molecule has 1 aliphatic heterocycles. The van der Waals surface area contributed by atoms with Crippen molar-refractivity contribution < 1.29 is 13.9 Å². The molecular formula is C25H27NO4. The Morgan fingerprint density at radius 1 is 1.13 bits per heavy atom. The minimum atomic E-state index is -0.172. The molecule has 2 aliphatic rings. The highest BCUT2D eigenvalue weighted by Crippen LogP contribution is 2.37. The van der Waals surface area contributed by atoms with Crippen molar-refractivity contribution in [2.45, 2.75) is 45.6 Å². The Morgan fingerprint density at radius 3 is 2.77 bits per heavy atom. The van der Waals surface area contributed by atoms with Gasteiger partial charge in [0.2, 0.25) is 0 Å². The van der Waals surface area contributed by atoms with Crippen molar-refractivity contribution in [2.24, 2.45) is 0 Å². The second kappa shape index (κ2) is 7.80. The Hall–Kier alpha value is -2.79. The number of para-hydroxylation sites is 1. The van der Waals surface area contributed by atoms with Crippen molar-refractivity contribution in [1.29, 1.82) is 0 Å². The van der Waals surface area contributed by atoms with Gasteiger partial charge in [0.15, 0.2) is 0 Å². The zero-order chi connectivity index (χ0) is 20.7. The molecule has 5 rings (SSSR count). The van der Waals surface area contributed by atoms with Gasteiger partial charge in [0.25, 0.3) is 0 Å². The van der Waals surface area contributed by atoms with Crippen LogP contribution in [0.1, 0.15) is 40.7 Å². The number of methoxy groups -OCH3 is 1. The first-order chi connectivity index (χ1) is 14.7. The van der Waals surface area contributed by atoms with Gasteiger partial charge in [-0.1, -0.05) is 18.2 Å². The van der Waals surface area contributed by atoms with E-state index in [-0.39, 0.29) is 5.63 Å². The number of aryl methyl sites for hydroxylation is 2. The van der Waals surface area contributed by atoms with E-state index in [0.29, 0.717) is 12.3 Å². The van der Waals surface area contributed by atoms with E-state index >= 15 is 0 Å². The summed E-state index contributed by atoms with van der Waals surface area (Å²) in [5.74, 6) is 1.80. The first-order valence-corrected chi connectivity index (χ1v) is 10.7. The van der Waals surface area contributed by atoms with Crippen molar-refractivity contribution in [2.75, 3.05) is 20.4 Å². The Bertz CT molecular complexity index is 1160. The lowest BCUT2D eigenvalue weighted by atomic mass is 9.89. The Labute approximate surface area is 176 Å². The van der Waals surface area contributed by atoms with Gasteiger partial charge < -0.3 is 13.9 Å². The lowest BCUT2D eigenvalue weighted by Crippen LogP contribution is -2.34. The third-order valence-corrected chi connectivity index (χ3v) is 6.45. The van der Waals surface area contributed by atoms with Crippen LogP contribution in [-0.2, 0) is 25.8 Å². The molecule has 5 nitrogen and oxygen atoms in total. The molecule has 0 bridgehead atoms. The van der Waals surface area contributed by atoms with E-state index in [1.807, 2.05) is 25.1 Å². The van der Waals surface area contributed by atoms with Gasteiger partial charge in [-0.25, -0.2) is 4.79 Å². The van der Waals surface area contributed by atoms with Crippen molar-refractivity contribution in [3.63, 3.8) is 0 Å². The van der Waals surface area contributed by atoms with E-state index in [0.717, 1.165) is 73.2 Å². The summed E-state index contributed by atoms with van der Waals surface area (Å²) < 4.78 is 17.4. The maximum absolute atomic E-state index is 12.5. The second-order valence-electron chi connectivity index (χ2n) is 8.31. The molecule has 2 aromatic carbocycles. The number of nitrogens with zero attached hydrogens (tertiary/aromatic N) is 1. The van der Waals surface area contributed by atoms with Crippen LogP contribution >= 0.6 is 0 Å². The van der Waals surface area contributed by atoms with Crippen molar-refractivity contribution in [3.05, 3.63) is 68.6 Å². The van der Waals surface area contributed by atoms with Crippen LogP contribution in [0.15, 0.2) is 39.5 Å². The Kier molecular flexibility index (Phi) is 4.99. The van der Waals surface area contributed by atoms with Crippen LogP contribution < -0.4 is 15.1 Å². The van der Waals surface area contributed by atoms with Crippen molar-refractivity contribution in [3.8, 4) is 11.5 Å². The number of rotatable bonds is 4. The fraction of sp³-hybridized carbons (Fsp3) is 0.400. The minimum Gasteiger partial charge on any atom is -0.496 e. The number of hydrogen-bond acceptors (Lipinski definition) is 5. The molecule has 1 aromatic heterocycles. The average molecular weight is 405 g/mol. The highest BCUT2D eigenvalue weighted by atomic mass is 16.5. The summed E-state index contributed by atoms with van der Waals surface area (Å²) in [5.41, 5.74) is 5.90. The first-order valence-electron chi connectivity index (χ1n) is 10.7. The summed E-state index contributed by atoms with van der Waals surface area (Å²) in [6.07, 6.45) is 4.87. The maximum atomic E-state index is 12.5. The van der Waals surface area contributed by atoms with Crippen molar-refractivity contribution in [1.82, 2.24) is 4.90 Å². The van der Waals surface area contributed by atoms with Crippen LogP contribution in [-0.4, -0.2) is 25.3 Å². The van der Waals surface area contributed by atoms with Gasteiger partial charge in [0, 0.05) is 35.2 Å². The molecule has 0 radical (unpaired) electrons. The molecule has 0 amide bonds. The predicted octanol–water partition coefficient (Wildman–Crippen LogP) is 4.38. The lowest BCUT2D eigenvalue weighted by molar-refractivity contribution is 0.0957. The molecule has 1 aliphatic carbocycles. The third kappa shape index (κ3) is 3.27. The molecule has 0 saturated heterocycles. The third-order valence-electron chi connectivity index (χ3n) is 6.45. The van der Waals surface area contributed by atoms with Crippen LogP contribution in [0.2, 0.25) is 0 Å². The number of ether oxygens (including phenoxy) is 2. The predicted molar refractivity (Wildman–Crippen MR) is 116 cm³/mol. The minimum absolute atomic E-state index is 0.172. The average Bonchev–Trinajstić information content (AvgIpc) is 2.79. The lowest BCUT2D eigenvalue weighted by Gasteiger charge is -2.31. The molecule has 0 saturated carbocycles. The normalized spacial score (nSPS) is 16.1. The molecule has 3 aromatic rings. The summed E-state index contributed by atoms with van der Waals surface area (Å²) in [4.78, 5) is 14.8. The summed E-state index contributed by atoms with van der Waals surface area (Å²) in [5, 5.41) is 1.09. The van der Waals surface area contributed by atoms with Gasteiger partial charge in [-0.05, 0) is 62.3 Å². The van der Waals surface area contributed by atoms with E-state index in [9.17, 15) is 4.79 Å². The summed E-state index contributed by atoms with van der Waals surface area (Å²) in [7, 11) is 1.71. The molecule has 0 atom stereocenters. The molecule has 2 heterocycles. The molecule has 30 heavy (non-hydrogen) atoms. The van der Waals surface area contributed by atoms with Gasteiger partial charge in [0.1, 0.15) is 23.8 Å². The quantitative estimate of drug-likeness (QED) is 0.603. The maximum Gasteiger partial charge on any atom is 0.339 e. The first kappa shape index (κ1) is 19.2. The number of benzene rings is 2. The SMILES string of the molecule is COc1ccccc1CCN1COc2c(cc3c4c(c(=O)oc3c2C)CCCC4)C1. The van der Waals surface area contributed by atoms with E-state index < -0.39 is 0 Å². The van der Waals surface area contributed by atoms with Crippen LogP contribution in [0.5, 0.6) is 11.5 Å². The molecular weight excluding hydrogens is 378 g/mol. The van der Waals surface area contributed by atoms with Gasteiger partial charge >= 0.3 is 5.63 Å². The molecule has 0 spiro atoms. The van der Waals surface area contributed by atoms with Crippen LogP contribution in [0.25, 0.3) is 11.0 Å².